The molecule has 1 fully saturated rings. The largest absolute Gasteiger partial charge is 0.463 e. The molecule has 0 spiro atoms. The second-order valence-corrected chi connectivity index (χ2v) is 8.84. The third kappa shape index (κ3) is 3.82. The predicted molar refractivity (Wildman–Crippen MR) is 116 cm³/mol. The van der Waals surface area contributed by atoms with Gasteiger partial charge >= 0.3 is 0 Å². The van der Waals surface area contributed by atoms with Gasteiger partial charge in [-0.25, -0.2) is 5.01 Å². The number of carbonyl (C=O) groups is 1. The fourth-order valence-electron chi connectivity index (χ4n) is 4.07. The lowest BCUT2D eigenvalue weighted by molar-refractivity contribution is -0.135. The summed E-state index contributed by atoms with van der Waals surface area (Å²) in [5, 5.41) is 8.43. The summed E-state index contributed by atoms with van der Waals surface area (Å²) in [5.74, 6) is 0.757. The molecular weight excluding hydrogens is 396 g/mol. The Morgan fingerprint density at radius 1 is 1.30 bits per heavy atom. The van der Waals surface area contributed by atoms with E-state index in [9.17, 15) is 4.79 Å². The highest BCUT2D eigenvalue weighted by atomic mass is 32.1. The SMILES string of the molecule is C[C@@H](c1cccnc1)N(CC(=O)N1N=C(c2ccco2)C[C@@H]1c1cccs1)C1CC1. The van der Waals surface area contributed by atoms with Crippen LogP contribution >= 0.6 is 11.3 Å². The molecule has 1 amide bonds. The van der Waals surface area contributed by atoms with Crippen LogP contribution in [0.25, 0.3) is 0 Å². The van der Waals surface area contributed by atoms with E-state index in [1.807, 2.05) is 35.8 Å². The number of hydrogen-bond donors (Lipinski definition) is 0. The van der Waals surface area contributed by atoms with Gasteiger partial charge in [0, 0.05) is 35.8 Å². The normalized spacial score (nSPS) is 19.9. The molecule has 6 nitrogen and oxygen atoms in total. The Bertz CT molecular complexity index is 1010. The van der Waals surface area contributed by atoms with Crippen molar-refractivity contribution in [2.45, 2.75) is 44.3 Å². The van der Waals surface area contributed by atoms with Gasteiger partial charge in [-0.05, 0) is 55.0 Å². The molecule has 3 aromatic rings. The molecule has 0 bridgehead atoms. The topological polar surface area (TPSA) is 61.9 Å². The van der Waals surface area contributed by atoms with Crippen molar-refractivity contribution in [2.24, 2.45) is 5.10 Å². The Morgan fingerprint density at radius 3 is 2.87 bits per heavy atom. The Balaban J connectivity index is 1.39. The van der Waals surface area contributed by atoms with Crippen LogP contribution < -0.4 is 0 Å². The predicted octanol–water partition coefficient (Wildman–Crippen LogP) is 4.64. The number of thiophene rings is 1. The molecule has 1 aliphatic carbocycles. The molecule has 2 atom stereocenters. The zero-order valence-corrected chi connectivity index (χ0v) is 17.7. The van der Waals surface area contributed by atoms with Crippen LogP contribution in [0.3, 0.4) is 0 Å². The number of amides is 1. The standard InChI is InChI=1S/C23H24N4O2S/c1-16(17-5-2-10-24-14-17)26(18-8-9-18)15-23(28)27-20(22-7-4-12-30-22)13-19(25-27)21-6-3-11-29-21/h2-7,10-12,14,16,18,20H,8-9,13,15H2,1H3/t16-,20+/m0/s1. The van der Waals surface area contributed by atoms with Gasteiger partial charge in [-0.3, -0.25) is 14.7 Å². The number of aromatic nitrogens is 1. The summed E-state index contributed by atoms with van der Waals surface area (Å²) in [7, 11) is 0. The average molecular weight is 421 g/mol. The van der Waals surface area contributed by atoms with Gasteiger partial charge in [-0.15, -0.1) is 11.3 Å². The van der Waals surface area contributed by atoms with Gasteiger partial charge in [0.05, 0.1) is 18.8 Å². The first-order valence-electron chi connectivity index (χ1n) is 10.3. The van der Waals surface area contributed by atoms with E-state index in [1.165, 1.54) is 0 Å². The van der Waals surface area contributed by atoms with E-state index in [2.05, 4.69) is 28.9 Å². The highest BCUT2D eigenvalue weighted by Gasteiger charge is 2.39. The Morgan fingerprint density at radius 2 is 2.20 bits per heavy atom. The zero-order chi connectivity index (χ0) is 20.5. The molecule has 1 saturated carbocycles. The molecule has 3 aromatic heterocycles. The Labute approximate surface area is 179 Å². The minimum atomic E-state index is -0.0765. The summed E-state index contributed by atoms with van der Waals surface area (Å²) in [6.07, 6.45) is 8.25. The van der Waals surface area contributed by atoms with E-state index in [-0.39, 0.29) is 18.0 Å². The fraction of sp³-hybridized carbons (Fsp3) is 0.348. The second-order valence-electron chi connectivity index (χ2n) is 7.86. The highest BCUT2D eigenvalue weighted by molar-refractivity contribution is 7.10. The molecule has 30 heavy (non-hydrogen) atoms. The maximum Gasteiger partial charge on any atom is 0.257 e. The van der Waals surface area contributed by atoms with Crippen LogP contribution in [-0.4, -0.2) is 39.1 Å². The third-order valence-corrected chi connectivity index (χ3v) is 6.81. The van der Waals surface area contributed by atoms with Crippen LogP contribution in [-0.2, 0) is 4.79 Å². The lowest BCUT2D eigenvalue weighted by atomic mass is 10.1. The Hall–Kier alpha value is -2.77. The van der Waals surface area contributed by atoms with Crippen molar-refractivity contribution in [3.63, 3.8) is 0 Å². The molecule has 0 aromatic carbocycles. The minimum Gasteiger partial charge on any atom is -0.463 e. The first kappa shape index (κ1) is 19.2. The first-order valence-corrected chi connectivity index (χ1v) is 11.2. The molecule has 0 saturated heterocycles. The molecule has 2 aliphatic rings. The van der Waals surface area contributed by atoms with Crippen molar-refractivity contribution in [1.29, 1.82) is 0 Å². The summed E-state index contributed by atoms with van der Waals surface area (Å²) >= 11 is 1.66. The molecule has 7 heteroatoms. The van der Waals surface area contributed by atoms with Crippen LogP contribution in [0.2, 0.25) is 0 Å². The smallest absolute Gasteiger partial charge is 0.257 e. The average Bonchev–Trinajstić information content (AvgIpc) is 3.21. The van der Waals surface area contributed by atoms with Crippen molar-refractivity contribution >= 4 is 23.0 Å². The molecule has 0 unspecified atom stereocenters. The van der Waals surface area contributed by atoms with E-state index in [0.29, 0.717) is 19.0 Å². The van der Waals surface area contributed by atoms with E-state index >= 15 is 0 Å². The number of hydrogen-bond acceptors (Lipinski definition) is 6. The summed E-state index contributed by atoms with van der Waals surface area (Å²) in [6.45, 7) is 2.50. The highest BCUT2D eigenvalue weighted by Crippen LogP contribution is 2.37. The fourth-order valence-corrected chi connectivity index (χ4v) is 4.88. The number of pyridine rings is 1. The van der Waals surface area contributed by atoms with Crippen molar-refractivity contribution < 1.29 is 9.21 Å². The summed E-state index contributed by atoms with van der Waals surface area (Å²) < 4.78 is 5.55. The molecule has 154 valence electrons. The van der Waals surface area contributed by atoms with Gasteiger partial charge in [-0.2, -0.15) is 5.10 Å². The molecule has 4 heterocycles. The van der Waals surface area contributed by atoms with E-state index in [4.69, 9.17) is 9.52 Å². The maximum atomic E-state index is 13.5. The van der Waals surface area contributed by atoms with Gasteiger partial charge in [0.25, 0.3) is 5.91 Å². The third-order valence-electron chi connectivity index (χ3n) is 5.84. The molecule has 0 N–H and O–H groups in total. The summed E-state index contributed by atoms with van der Waals surface area (Å²) in [6, 6.07) is 12.4. The van der Waals surface area contributed by atoms with E-state index < -0.39 is 0 Å². The van der Waals surface area contributed by atoms with Crippen LogP contribution in [0.5, 0.6) is 0 Å². The van der Waals surface area contributed by atoms with Gasteiger partial charge < -0.3 is 4.42 Å². The second kappa shape index (κ2) is 8.16. The quantitative estimate of drug-likeness (QED) is 0.559. The van der Waals surface area contributed by atoms with Crippen LogP contribution in [0.15, 0.2) is 70.0 Å². The van der Waals surface area contributed by atoms with Gasteiger partial charge in [-0.1, -0.05) is 12.1 Å². The summed E-state index contributed by atoms with van der Waals surface area (Å²) in [5.41, 5.74) is 1.96. The maximum absolute atomic E-state index is 13.5. The van der Waals surface area contributed by atoms with Crippen molar-refractivity contribution in [3.8, 4) is 0 Å². The van der Waals surface area contributed by atoms with Gasteiger partial charge in [0.15, 0.2) is 0 Å². The van der Waals surface area contributed by atoms with E-state index in [1.54, 1.807) is 28.8 Å². The van der Waals surface area contributed by atoms with Crippen molar-refractivity contribution in [2.75, 3.05) is 6.54 Å². The van der Waals surface area contributed by atoms with Crippen LogP contribution in [0.1, 0.15) is 54.5 Å². The number of rotatable bonds is 7. The minimum absolute atomic E-state index is 0.0256. The number of furan rings is 1. The number of hydrazone groups is 1. The van der Waals surface area contributed by atoms with Gasteiger partial charge in [0.2, 0.25) is 0 Å². The number of carbonyl (C=O) groups excluding carboxylic acids is 1. The zero-order valence-electron chi connectivity index (χ0n) is 16.8. The van der Waals surface area contributed by atoms with E-state index in [0.717, 1.165) is 34.8 Å². The molecule has 0 radical (unpaired) electrons. The number of nitrogens with zero attached hydrogens (tertiary/aromatic N) is 4. The van der Waals surface area contributed by atoms with Crippen molar-refractivity contribution in [3.05, 3.63) is 76.6 Å². The monoisotopic (exact) mass is 420 g/mol. The molecular formula is C23H24N4O2S. The van der Waals surface area contributed by atoms with Crippen LogP contribution in [0, 0.1) is 0 Å². The van der Waals surface area contributed by atoms with Crippen molar-refractivity contribution in [1.82, 2.24) is 14.9 Å². The summed E-state index contributed by atoms with van der Waals surface area (Å²) in [4.78, 5) is 21.2. The Kier molecular flexibility index (Phi) is 5.23. The first-order chi connectivity index (χ1) is 14.7. The molecule has 5 rings (SSSR count). The lowest BCUT2D eigenvalue weighted by Crippen LogP contribution is -2.40. The molecule has 1 aliphatic heterocycles. The van der Waals surface area contributed by atoms with Crippen LogP contribution in [0.4, 0.5) is 0 Å². The lowest BCUT2D eigenvalue weighted by Gasteiger charge is -2.31. The van der Waals surface area contributed by atoms with Gasteiger partial charge in [0.1, 0.15) is 11.5 Å².